The summed E-state index contributed by atoms with van der Waals surface area (Å²) in [7, 11) is 1.58. The zero-order valence-electron chi connectivity index (χ0n) is 13.2. The Bertz CT molecular complexity index is 513. The van der Waals surface area contributed by atoms with Gasteiger partial charge in [-0.1, -0.05) is 0 Å². The highest BCUT2D eigenvalue weighted by atomic mass is 127. The van der Waals surface area contributed by atoms with Crippen LogP contribution in [0.15, 0.2) is 6.07 Å². The Kier molecular flexibility index (Phi) is 6.26. The number of nitrogens with zero attached hydrogens (tertiary/aromatic N) is 3. The van der Waals surface area contributed by atoms with E-state index in [9.17, 15) is 0 Å². The van der Waals surface area contributed by atoms with Crippen molar-refractivity contribution in [1.29, 1.82) is 0 Å². The van der Waals surface area contributed by atoms with E-state index in [2.05, 4.69) is 37.5 Å². The van der Waals surface area contributed by atoms with Gasteiger partial charge in [-0.15, -0.1) is 0 Å². The van der Waals surface area contributed by atoms with Crippen LogP contribution in [-0.4, -0.2) is 62.4 Å². The zero-order chi connectivity index (χ0) is 16.1. The second-order valence-corrected chi connectivity index (χ2v) is 6.71. The van der Waals surface area contributed by atoms with Crippen LogP contribution in [0.4, 0.5) is 5.82 Å². The molecule has 128 valence electrons. The van der Waals surface area contributed by atoms with Gasteiger partial charge in [0.2, 0.25) is 0 Å². The van der Waals surface area contributed by atoms with Crippen molar-refractivity contribution < 1.29 is 18.9 Å². The smallest absolute Gasteiger partial charge is 0.319 e. The molecule has 2 aliphatic heterocycles. The van der Waals surface area contributed by atoms with Gasteiger partial charge in [0.15, 0.2) is 6.29 Å². The second-order valence-electron chi connectivity index (χ2n) is 5.60. The van der Waals surface area contributed by atoms with Gasteiger partial charge < -0.3 is 23.8 Å². The minimum Gasteiger partial charge on any atom is -0.467 e. The molecule has 0 aliphatic carbocycles. The minimum atomic E-state index is -0.0807. The number of hydrogen-bond donors (Lipinski definition) is 0. The summed E-state index contributed by atoms with van der Waals surface area (Å²) < 4.78 is 23.3. The Morgan fingerprint density at radius 1 is 1.30 bits per heavy atom. The molecule has 1 aromatic heterocycles. The number of anilines is 1. The molecule has 2 atom stereocenters. The van der Waals surface area contributed by atoms with E-state index in [-0.39, 0.29) is 12.4 Å². The number of methoxy groups -OCH3 is 1. The molecule has 0 N–H and O–H groups in total. The topological polar surface area (TPSA) is 65.9 Å². The summed E-state index contributed by atoms with van der Waals surface area (Å²) in [5.41, 5.74) is 0. The van der Waals surface area contributed by atoms with Gasteiger partial charge in [-0.3, -0.25) is 0 Å². The van der Waals surface area contributed by atoms with E-state index in [0.717, 1.165) is 42.1 Å². The summed E-state index contributed by atoms with van der Waals surface area (Å²) >= 11 is 2.17. The SMILES string of the molecule is COc1nc(I)cc(N2CCO[C@@H](COC3CCCCO3)C2)n1. The maximum atomic E-state index is 5.84. The summed E-state index contributed by atoms with van der Waals surface area (Å²) in [6.07, 6.45) is 3.21. The van der Waals surface area contributed by atoms with Crippen LogP contribution in [0.5, 0.6) is 6.01 Å². The van der Waals surface area contributed by atoms with E-state index in [4.69, 9.17) is 18.9 Å². The predicted molar refractivity (Wildman–Crippen MR) is 92.8 cm³/mol. The number of ether oxygens (including phenoxy) is 4. The van der Waals surface area contributed by atoms with E-state index in [0.29, 0.717) is 19.2 Å². The Morgan fingerprint density at radius 3 is 3.00 bits per heavy atom. The maximum Gasteiger partial charge on any atom is 0.319 e. The molecular weight excluding hydrogens is 413 g/mol. The van der Waals surface area contributed by atoms with Gasteiger partial charge >= 0.3 is 6.01 Å². The third-order valence-electron chi connectivity index (χ3n) is 3.91. The van der Waals surface area contributed by atoms with Crippen LogP contribution in [0.2, 0.25) is 0 Å². The average molecular weight is 435 g/mol. The largest absolute Gasteiger partial charge is 0.467 e. The third-order valence-corrected chi connectivity index (χ3v) is 4.46. The molecule has 23 heavy (non-hydrogen) atoms. The van der Waals surface area contributed by atoms with Gasteiger partial charge in [-0.2, -0.15) is 9.97 Å². The molecule has 1 unspecified atom stereocenters. The molecule has 0 aromatic carbocycles. The Morgan fingerprint density at radius 2 is 2.22 bits per heavy atom. The van der Waals surface area contributed by atoms with Crippen LogP contribution >= 0.6 is 22.6 Å². The lowest BCUT2D eigenvalue weighted by Crippen LogP contribution is -2.45. The fourth-order valence-corrected chi connectivity index (χ4v) is 3.21. The molecule has 7 nitrogen and oxygen atoms in total. The number of aromatic nitrogens is 2. The Hall–Kier alpha value is -0.710. The monoisotopic (exact) mass is 435 g/mol. The summed E-state index contributed by atoms with van der Waals surface area (Å²) in [6.45, 7) is 3.53. The van der Waals surface area contributed by atoms with Crippen LogP contribution in [0.1, 0.15) is 19.3 Å². The lowest BCUT2D eigenvalue weighted by Gasteiger charge is -2.34. The van der Waals surface area contributed by atoms with Crippen LogP contribution in [0.25, 0.3) is 0 Å². The van der Waals surface area contributed by atoms with Gasteiger partial charge in [-0.25, -0.2) is 0 Å². The highest BCUT2D eigenvalue weighted by Crippen LogP contribution is 2.21. The molecule has 0 bridgehead atoms. The van der Waals surface area contributed by atoms with Crippen LogP contribution in [0, 0.1) is 3.70 Å². The van der Waals surface area contributed by atoms with Gasteiger partial charge in [0.05, 0.1) is 26.4 Å². The van der Waals surface area contributed by atoms with Crippen molar-refractivity contribution in [1.82, 2.24) is 9.97 Å². The first-order valence-corrected chi connectivity index (χ1v) is 9.01. The zero-order valence-corrected chi connectivity index (χ0v) is 15.4. The molecule has 0 amide bonds. The average Bonchev–Trinajstić information content (AvgIpc) is 2.60. The van der Waals surface area contributed by atoms with E-state index in [1.165, 1.54) is 6.42 Å². The summed E-state index contributed by atoms with van der Waals surface area (Å²) in [4.78, 5) is 10.8. The fraction of sp³-hybridized carbons (Fsp3) is 0.733. The lowest BCUT2D eigenvalue weighted by molar-refractivity contribution is -0.180. The molecular formula is C15H22IN3O4. The Labute approximate surface area is 149 Å². The molecule has 2 saturated heterocycles. The quantitative estimate of drug-likeness (QED) is 0.517. The third kappa shape index (κ3) is 4.88. The number of morpholine rings is 1. The van der Waals surface area contributed by atoms with Crippen LogP contribution in [0.3, 0.4) is 0 Å². The molecule has 0 saturated carbocycles. The number of hydrogen-bond acceptors (Lipinski definition) is 7. The van der Waals surface area contributed by atoms with Gasteiger partial charge in [0.25, 0.3) is 0 Å². The van der Waals surface area contributed by atoms with E-state index in [1.807, 2.05) is 6.07 Å². The lowest BCUT2D eigenvalue weighted by atomic mass is 10.2. The highest BCUT2D eigenvalue weighted by Gasteiger charge is 2.24. The molecule has 2 fully saturated rings. The molecule has 0 spiro atoms. The van der Waals surface area contributed by atoms with E-state index >= 15 is 0 Å². The van der Waals surface area contributed by atoms with Crippen molar-refractivity contribution in [3.8, 4) is 6.01 Å². The molecule has 1 aromatic rings. The maximum absolute atomic E-state index is 5.84. The second kappa shape index (κ2) is 8.41. The molecule has 3 heterocycles. The molecule has 2 aliphatic rings. The van der Waals surface area contributed by atoms with Crippen molar-refractivity contribution in [3.63, 3.8) is 0 Å². The molecule has 0 radical (unpaired) electrons. The first-order chi connectivity index (χ1) is 11.2. The standard InChI is InChI=1S/C15H22IN3O4/c1-20-15-17-12(16)8-13(18-15)19-5-7-21-11(9-19)10-23-14-4-2-3-6-22-14/h8,11,14H,2-7,9-10H2,1H3/t11-,14?/m1/s1. The normalized spacial score (nSPS) is 25.4. The van der Waals surface area contributed by atoms with Crippen LogP contribution in [-0.2, 0) is 14.2 Å². The van der Waals surface area contributed by atoms with E-state index in [1.54, 1.807) is 7.11 Å². The number of halogens is 1. The van der Waals surface area contributed by atoms with Gasteiger partial charge in [-0.05, 0) is 41.9 Å². The number of rotatable bonds is 5. The van der Waals surface area contributed by atoms with Crippen molar-refractivity contribution >= 4 is 28.4 Å². The summed E-state index contributed by atoms with van der Waals surface area (Å²) in [5, 5.41) is 0. The van der Waals surface area contributed by atoms with Gasteiger partial charge in [0, 0.05) is 25.8 Å². The minimum absolute atomic E-state index is 0.0212. The fourth-order valence-electron chi connectivity index (χ4n) is 2.72. The summed E-state index contributed by atoms with van der Waals surface area (Å²) in [6, 6.07) is 2.35. The van der Waals surface area contributed by atoms with Crippen molar-refractivity contribution in [2.24, 2.45) is 0 Å². The van der Waals surface area contributed by atoms with Crippen molar-refractivity contribution in [2.75, 3.05) is 44.9 Å². The van der Waals surface area contributed by atoms with E-state index < -0.39 is 0 Å². The first-order valence-electron chi connectivity index (χ1n) is 7.93. The summed E-state index contributed by atoms with van der Waals surface area (Å²) in [5.74, 6) is 0.864. The van der Waals surface area contributed by atoms with Crippen molar-refractivity contribution in [3.05, 3.63) is 9.77 Å². The highest BCUT2D eigenvalue weighted by molar-refractivity contribution is 14.1. The predicted octanol–water partition coefficient (Wildman–Crippen LogP) is 1.84. The Balaban J connectivity index is 1.56. The van der Waals surface area contributed by atoms with Crippen molar-refractivity contribution in [2.45, 2.75) is 31.7 Å². The molecule has 3 rings (SSSR count). The van der Waals surface area contributed by atoms with Gasteiger partial charge in [0.1, 0.15) is 9.52 Å². The van der Waals surface area contributed by atoms with Crippen LogP contribution < -0.4 is 9.64 Å². The molecule has 8 heteroatoms. The first kappa shape index (κ1) is 17.1.